The summed E-state index contributed by atoms with van der Waals surface area (Å²) in [6.45, 7) is 0. The minimum absolute atomic E-state index is 0.668. The fourth-order valence-corrected chi connectivity index (χ4v) is 7.29. The van der Waals surface area contributed by atoms with Crippen LogP contribution in [0.3, 0.4) is 0 Å². The zero-order valence-corrected chi connectivity index (χ0v) is 27.0. The first-order valence-electron chi connectivity index (χ1n) is 16.8. The molecular formula is C46H29N3O. The molecule has 0 aliphatic rings. The maximum absolute atomic E-state index is 6.79. The Morgan fingerprint density at radius 2 is 1.02 bits per heavy atom. The maximum Gasteiger partial charge on any atom is 0.162 e. The minimum Gasteiger partial charge on any atom is -0.454 e. The Bertz CT molecular complexity index is 2780. The van der Waals surface area contributed by atoms with Crippen molar-refractivity contribution in [2.45, 2.75) is 0 Å². The summed E-state index contributed by atoms with van der Waals surface area (Å²) in [5.41, 5.74) is 11.2. The van der Waals surface area contributed by atoms with Crippen molar-refractivity contribution in [1.29, 1.82) is 0 Å². The van der Waals surface area contributed by atoms with Crippen molar-refractivity contribution in [2.75, 3.05) is 0 Å². The molecule has 0 radical (unpaired) electrons. The van der Waals surface area contributed by atoms with Crippen LogP contribution in [0.25, 0.3) is 94.5 Å². The fourth-order valence-electron chi connectivity index (χ4n) is 7.29. The third-order valence-electron chi connectivity index (χ3n) is 9.63. The molecule has 4 nitrogen and oxygen atoms in total. The van der Waals surface area contributed by atoms with E-state index < -0.39 is 0 Å². The van der Waals surface area contributed by atoms with Crippen molar-refractivity contribution >= 4 is 43.7 Å². The normalized spacial score (nSPS) is 11.6. The number of rotatable bonds is 5. The molecule has 0 saturated heterocycles. The van der Waals surface area contributed by atoms with E-state index in [2.05, 4.69) is 132 Å². The molecule has 10 rings (SSSR count). The molecule has 3 heterocycles. The van der Waals surface area contributed by atoms with E-state index in [9.17, 15) is 0 Å². The number of hydrogen-bond acceptors (Lipinski definition) is 3. The Morgan fingerprint density at radius 1 is 0.440 bits per heavy atom. The molecule has 0 bridgehead atoms. The number of para-hydroxylation sites is 2. The van der Waals surface area contributed by atoms with Gasteiger partial charge in [0, 0.05) is 38.7 Å². The molecule has 0 saturated carbocycles. The van der Waals surface area contributed by atoms with Crippen LogP contribution in [0.15, 0.2) is 180 Å². The molecule has 0 spiro atoms. The summed E-state index contributed by atoms with van der Waals surface area (Å²) >= 11 is 0. The average molecular weight is 640 g/mol. The van der Waals surface area contributed by atoms with Gasteiger partial charge in [-0.25, -0.2) is 9.97 Å². The van der Waals surface area contributed by atoms with Gasteiger partial charge in [0.1, 0.15) is 11.4 Å². The van der Waals surface area contributed by atoms with Gasteiger partial charge in [-0.1, -0.05) is 152 Å². The first-order valence-corrected chi connectivity index (χ1v) is 16.8. The van der Waals surface area contributed by atoms with Crippen molar-refractivity contribution in [3.8, 4) is 50.7 Å². The van der Waals surface area contributed by atoms with Crippen LogP contribution in [0.5, 0.6) is 0 Å². The largest absolute Gasteiger partial charge is 0.454 e. The molecule has 10 aromatic rings. The van der Waals surface area contributed by atoms with Gasteiger partial charge in [0.15, 0.2) is 11.4 Å². The van der Waals surface area contributed by atoms with Gasteiger partial charge in [-0.3, -0.25) is 4.57 Å². The monoisotopic (exact) mass is 639 g/mol. The lowest BCUT2D eigenvalue weighted by molar-refractivity contribution is 0.671. The number of hydrogen-bond donors (Lipinski definition) is 0. The minimum atomic E-state index is 0.668. The lowest BCUT2D eigenvalue weighted by Crippen LogP contribution is -2.02. The van der Waals surface area contributed by atoms with Gasteiger partial charge in [-0.15, -0.1) is 0 Å². The predicted octanol–water partition coefficient (Wildman–Crippen LogP) is 12.1. The summed E-state index contributed by atoms with van der Waals surface area (Å²) in [6, 6.07) is 61.3. The van der Waals surface area contributed by atoms with Gasteiger partial charge in [-0.2, -0.15) is 0 Å². The van der Waals surface area contributed by atoms with E-state index in [-0.39, 0.29) is 0 Å². The van der Waals surface area contributed by atoms with Gasteiger partial charge in [-0.05, 0) is 40.5 Å². The van der Waals surface area contributed by atoms with Crippen LogP contribution >= 0.6 is 0 Å². The molecule has 50 heavy (non-hydrogen) atoms. The maximum atomic E-state index is 6.79. The van der Waals surface area contributed by atoms with Gasteiger partial charge >= 0.3 is 0 Å². The second kappa shape index (κ2) is 11.4. The predicted molar refractivity (Wildman–Crippen MR) is 205 cm³/mol. The Hall–Kier alpha value is -6.78. The number of benzene rings is 7. The Labute approximate surface area is 288 Å². The third-order valence-corrected chi connectivity index (χ3v) is 9.63. The SMILES string of the molecule is c1ccc(-c2ccc(-c3cc4c5ccccc5oc4c4c3c3ccccc3n4-c3cc(-c4ccccc4)nc(-c4ccccc4)n3)cc2)cc1. The number of furan rings is 1. The third kappa shape index (κ3) is 4.54. The summed E-state index contributed by atoms with van der Waals surface area (Å²) in [7, 11) is 0. The summed E-state index contributed by atoms with van der Waals surface area (Å²) in [6.07, 6.45) is 0. The molecule has 234 valence electrons. The summed E-state index contributed by atoms with van der Waals surface area (Å²) in [5.74, 6) is 1.45. The van der Waals surface area contributed by atoms with Crippen LogP contribution in [0, 0.1) is 0 Å². The van der Waals surface area contributed by atoms with Crippen LogP contribution in [0.4, 0.5) is 0 Å². The molecule has 0 aliphatic carbocycles. The highest BCUT2D eigenvalue weighted by atomic mass is 16.3. The Morgan fingerprint density at radius 3 is 1.76 bits per heavy atom. The van der Waals surface area contributed by atoms with Crippen molar-refractivity contribution in [1.82, 2.24) is 14.5 Å². The summed E-state index contributed by atoms with van der Waals surface area (Å²) in [4.78, 5) is 10.4. The average Bonchev–Trinajstić information content (AvgIpc) is 3.75. The highest BCUT2D eigenvalue weighted by Crippen LogP contribution is 2.45. The number of aromatic nitrogens is 3. The molecule has 0 N–H and O–H groups in total. The van der Waals surface area contributed by atoms with Crippen LogP contribution in [-0.2, 0) is 0 Å². The van der Waals surface area contributed by atoms with E-state index in [1.165, 1.54) is 11.1 Å². The van der Waals surface area contributed by atoms with Gasteiger partial charge < -0.3 is 4.42 Å². The lowest BCUT2D eigenvalue weighted by atomic mass is 9.95. The van der Waals surface area contributed by atoms with Gasteiger partial charge in [0.05, 0.1) is 16.7 Å². The van der Waals surface area contributed by atoms with Crippen molar-refractivity contribution in [2.24, 2.45) is 0 Å². The molecule has 0 aliphatic heterocycles. The standard InChI is InChI=1S/C46H29N3O/c1-4-14-30(15-5-1)31-24-26-32(27-25-31)37-28-38-35-20-11-13-23-41(35)50-45(38)44-43(37)36-21-10-12-22-40(36)49(44)42-29-39(33-16-6-2-7-17-33)47-46(48-42)34-18-8-3-9-19-34/h1-29H. The molecule has 0 unspecified atom stereocenters. The molecule has 4 heteroatoms. The zero-order valence-electron chi connectivity index (χ0n) is 27.0. The summed E-state index contributed by atoms with van der Waals surface area (Å²) in [5, 5.41) is 4.41. The highest BCUT2D eigenvalue weighted by molar-refractivity contribution is 6.26. The molecule has 0 fully saturated rings. The molecule has 0 amide bonds. The Balaban J connectivity index is 1.32. The van der Waals surface area contributed by atoms with Gasteiger partial charge in [0.25, 0.3) is 0 Å². The van der Waals surface area contributed by atoms with E-state index in [0.29, 0.717) is 5.82 Å². The van der Waals surface area contributed by atoms with Crippen molar-refractivity contribution < 1.29 is 4.42 Å². The van der Waals surface area contributed by atoms with E-state index in [0.717, 1.165) is 77.5 Å². The fraction of sp³-hybridized carbons (Fsp3) is 0. The van der Waals surface area contributed by atoms with E-state index in [4.69, 9.17) is 14.4 Å². The van der Waals surface area contributed by atoms with Crippen molar-refractivity contribution in [3.63, 3.8) is 0 Å². The van der Waals surface area contributed by atoms with Crippen molar-refractivity contribution in [3.05, 3.63) is 176 Å². The van der Waals surface area contributed by atoms with Crippen LogP contribution in [-0.4, -0.2) is 14.5 Å². The second-order valence-corrected chi connectivity index (χ2v) is 12.6. The van der Waals surface area contributed by atoms with Crippen LogP contribution in [0.1, 0.15) is 0 Å². The van der Waals surface area contributed by atoms with E-state index >= 15 is 0 Å². The lowest BCUT2D eigenvalue weighted by Gasteiger charge is -2.13. The first-order chi connectivity index (χ1) is 24.8. The molecule has 7 aromatic carbocycles. The smallest absolute Gasteiger partial charge is 0.162 e. The second-order valence-electron chi connectivity index (χ2n) is 12.6. The number of nitrogens with zero attached hydrogens (tertiary/aromatic N) is 3. The number of fused-ring (bicyclic) bond motifs is 7. The quantitative estimate of drug-likeness (QED) is 0.188. The van der Waals surface area contributed by atoms with E-state index in [1.54, 1.807) is 0 Å². The molecule has 0 atom stereocenters. The Kier molecular flexibility index (Phi) is 6.46. The first kappa shape index (κ1) is 28.3. The zero-order chi connectivity index (χ0) is 33.0. The topological polar surface area (TPSA) is 43.9 Å². The highest BCUT2D eigenvalue weighted by Gasteiger charge is 2.24. The molecule has 3 aromatic heterocycles. The van der Waals surface area contributed by atoms with Gasteiger partial charge in [0.2, 0.25) is 0 Å². The molecular weight excluding hydrogens is 611 g/mol. The van der Waals surface area contributed by atoms with Crippen LogP contribution in [0.2, 0.25) is 0 Å². The van der Waals surface area contributed by atoms with Crippen LogP contribution < -0.4 is 0 Å². The van der Waals surface area contributed by atoms with E-state index in [1.807, 2.05) is 48.5 Å². The summed E-state index contributed by atoms with van der Waals surface area (Å²) < 4.78 is 9.07.